The highest BCUT2D eigenvalue weighted by Crippen LogP contribution is 2.34. The molecule has 1 nitrogen and oxygen atoms in total. The molecule has 70 valence electrons. The molecular formula is C10H11FOS. The van der Waals surface area contributed by atoms with Gasteiger partial charge in [0.1, 0.15) is 5.82 Å². The molecule has 0 saturated heterocycles. The van der Waals surface area contributed by atoms with Crippen LogP contribution in [0.3, 0.4) is 0 Å². The minimum Gasteiger partial charge on any atom is -0.387 e. The van der Waals surface area contributed by atoms with Gasteiger partial charge in [-0.2, -0.15) is 11.8 Å². The van der Waals surface area contributed by atoms with Crippen molar-refractivity contribution in [2.45, 2.75) is 18.8 Å². The molecule has 2 rings (SSSR count). The third kappa shape index (κ3) is 1.46. The zero-order chi connectivity index (χ0) is 9.42. The Morgan fingerprint density at radius 2 is 2.31 bits per heavy atom. The SMILES string of the molecule is Cc1ccc(F)c2c1CSCC2O. The van der Waals surface area contributed by atoms with Crippen LogP contribution in [0.15, 0.2) is 12.1 Å². The maximum Gasteiger partial charge on any atom is 0.129 e. The highest BCUT2D eigenvalue weighted by molar-refractivity contribution is 7.98. The van der Waals surface area contributed by atoms with Gasteiger partial charge in [-0.05, 0) is 24.1 Å². The number of thioether (sulfide) groups is 1. The van der Waals surface area contributed by atoms with Crippen LogP contribution in [0.25, 0.3) is 0 Å². The summed E-state index contributed by atoms with van der Waals surface area (Å²) in [4.78, 5) is 0. The maximum absolute atomic E-state index is 13.3. The first-order valence-corrected chi connectivity index (χ1v) is 5.39. The van der Waals surface area contributed by atoms with E-state index in [4.69, 9.17) is 0 Å². The number of aliphatic hydroxyl groups is 1. The van der Waals surface area contributed by atoms with Crippen LogP contribution >= 0.6 is 11.8 Å². The van der Waals surface area contributed by atoms with E-state index in [1.54, 1.807) is 17.8 Å². The number of hydrogen-bond acceptors (Lipinski definition) is 2. The smallest absolute Gasteiger partial charge is 0.129 e. The van der Waals surface area contributed by atoms with Gasteiger partial charge in [0.2, 0.25) is 0 Å². The summed E-state index contributed by atoms with van der Waals surface area (Å²) in [6, 6.07) is 3.21. The van der Waals surface area contributed by atoms with Gasteiger partial charge >= 0.3 is 0 Å². The van der Waals surface area contributed by atoms with Crippen LogP contribution in [0, 0.1) is 12.7 Å². The van der Waals surface area contributed by atoms with Crippen LogP contribution in [0.5, 0.6) is 0 Å². The number of rotatable bonds is 0. The number of hydrogen-bond donors (Lipinski definition) is 1. The van der Waals surface area contributed by atoms with Crippen molar-refractivity contribution in [2.24, 2.45) is 0 Å². The molecule has 1 N–H and O–H groups in total. The fourth-order valence-electron chi connectivity index (χ4n) is 1.65. The van der Waals surface area contributed by atoms with Gasteiger partial charge in [0.05, 0.1) is 6.10 Å². The van der Waals surface area contributed by atoms with Crippen LogP contribution in [0.1, 0.15) is 22.8 Å². The van der Waals surface area contributed by atoms with E-state index in [9.17, 15) is 9.50 Å². The van der Waals surface area contributed by atoms with E-state index < -0.39 is 6.10 Å². The van der Waals surface area contributed by atoms with Crippen molar-refractivity contribution < 1.29 is 9.50 Å². The number of fused-ring (bicyclic) bond motifs is 1. The molecule has 3 heteroatoms. The molecule has 0 spiro atoms. The molecule has 1 unspecified atom stereocenters. The minimum absolute atomic E-state index is 0.270. The highest BCUT2D eigenvalue weighted by atomic mass is 32.2. The molecule has 0 aliphatic carbocycles. The Labute approximate surface area is 81.0 Å². The van der Waals surface area contributed by atoms with Crippen LogP contribution in [-0.4, -0.2) is 10.9 Å². The Hall–Kier alpha value is -0.540. The molecule has 0 amide bonds. The van der Waals surface area contributed by atoms with Gasteiger partial charge in [-0.3, -0.25) is 0 Å². The molecule has 0 fully saturated rings. The van der Waals surface area contributed by atoms with E-state index in [2.05, 4.69) is 0 Å². The van der Waals surface area contributed by atoms with Gasteiger partial charge in [0, 0.05) is 17.1 Å². The molecule has 1 aliphatic heterocycles. The molecule has 0 radical (unpaired) electrons. The third-order valence-electron chi connectivity index (χ3n) is 2.39. The summed E-state index contributed by atoms with van der Waals surface area (Å²) < 4.78 is 13.3. The van der Waals surface area contributed by atoms with Crippen molar-refractivity contribution in [3.05, 3.63) is 34.6 Å². The van der Waals surface area contributed by atoms with E-state index >= 15 is 0 Å². The Morgan fingerprint density at radius 3 is 3.00 bits per heavy atom. The summed E-state index contributed by atoms with van der Waals surface area (Å²) in [5.41, 5.74) is 2.56. The quantitative estimate of drug-likeness (QED) is 0.690. The number of benzene rings is 1. The average molecular weight is 198 g/mol. The van der Waals surface area contributed by atoms with Crippen molar-refractivity contribution >= 4 is 11.8 Å². The summed E-state index contributed by atoms with van der Waals surface area (Å²) in [6.45, 7) is 1.96. The molecule has 1 aromatic carbocycles. The Bertz CT molecular complexity index is 338. The normalized spacial score (nSPS) is 21.3. The van der Waals surface area contributed by atoms with Crippen LogP contribution in [0.2, 0.25) is 0 Å². The van der Waals surface area contributed by atoms with Gasteiger partial charge in [0.25, 0.3) is 0 Å². The van der Waals surface area contributed by atoms with E-state index in [-0.39, 0.29) is 5.82 Å². The molecule has 0 bridgehead atoms. The predicted octanol–water partition coefficient (Wildman–Crippen LogP) is 2.41. The second-order valence-corrected chi connectivity index (χ2v) is 4.32. The molecular weight excluding hydrogens is 187 g/mol. The lowest BCUT2D eigenvalue weighted by Crippen LogP contribution is -2.13. The fourth-order valence-corrected chi connectivity index (χ4v) is 2.75. The second-order valence-electron chi connectivity index (χ2n) is 3.29. The van der Waals surface area contributed by atoms with Crippen LogP contribution in [0.4, 0.5) is 4.39 Å². The monoisotopic (exact) mass is 198 g/mol. The van der Waals surface area contributed by atoms with Gasteiger partial charge in [-0.25, -0.2) is 4.39 Å². The summed E-state index contributed by atoms with van der Waals surface area (Å²) in [7, 11) is 0. The number of aryl methyl sites for hydroxylation is 1. The van der Waals surface area contributed by atoms with E-state index in [1.807, 2.05) is 6.92 Å². The lowest BCUT2D eigenvalue weighted by molar-refractivity contribution is 0.196. The zero-order valence-electron chi connectivity index (χ0n) is 7.38. The lowest BCUT2D eigenvalue weighted by atomic mass is 9.99. The van der Waals surface area contributed by atoms with Gasteiger partial charge in [-0.15, -0.1) is 0 Å². The first-order valence-electron chi connectivity index (χ1n) is 4.24. The van der Waals surface area contributed by atoms with Gasteiger partial charge < -0.3 is 5.11 Å². The first kappa shape index (κ1) is 9.03. The molecule has 0 saturated carbocycles. The topological polar surface area (TPSA) is 20.2 Å². The van der Waals surface area contributed by atoms with Crippen LogP contribution in [-0.2, 0) is 5.75 Å². The van der Waals surface area contributed by atoms with Crippen molar-refractivity contribution in [1.82, 2.24) is 0 Å². The number of halogens is 1. The zero-order valence-corrected chi connectivity index (χ0v) is 8.20. The summed E-state index contributed by atoms with van der Waals surface area (Å²) in [6.07, 6.45) is -0.631. The first-order chi connectivity index (χ1) is 6.20. The molecule has 0 aromatic heterocycles. The van der Waals surface area contributed by atoms with E-state index in [1.165, 1.54) is 6.07 Å². The molecule has 13 heavy (non-hydrogen) atoms. The molecule has 1 heterocycles. The van der Waals surface area contributed by atoms with E-state index in [0.29, 0.717) is 11.3 Å². The summed E-state index contributed by atoms with van der Waals surface area (Å²) in [5, 5.41) is 9.61. The molecule has 1 aliphatic rings. The van der Waals surface area contributed by atoms with Crippen molar-refractivity contribution in [3.8, 4) is 0 Å². The third-order valence-corrected chi connectivity index (χ3v) is 3.44. The summed E-state index contributed by atoms with van der Waals surface area (Å²) >= 11 is 1.65. The Kier molecular flexibility index (Phi) is 2.30. The maximum atomic E-state index is 13.3. The molecule has 1 aromatic rings. The predicted molar refractivity (Wildman–Crippen MR) is 52.3 cm³/mol. The van der Waals surface area contributed by atoms with Gasteiger partial charge in [0.15, 0.2) is 0 Å². The van der Waals surface area contributed by atoms with Crippen molar-refractivity contribution in [3.63, 3.8) is 0 Å². The fraction of sp³-hybridized carbons (Fsp3) is 0.400. The van der Waals surface area contributed by atoms with Crippen molar-refractivity contribution in [2.75, 3.05) is 5.75 Å². The standard InChI is InChI=1S/C10H11FOS/c1-6-2-3-8(11)10-7(6)4-13-5-9(10)12/h2-3,9,12H,4-5H2,1H3. The lowest BCUT2D eigenvalue weighted by Gasteiger charge is -2.22. The van der Waals surface area contributed by atoms with Crippen LogP contribution < -0.4 is 0 Å². The average Bonchev–Trinajstić information content (AvgIpc) is 2.12. The summed E-state index contributed by atoms with van der Waals surface area (Å²) in [5.74, 6) is 1.15. The van der Waals surface area contributed by atoms with Crippen molar-refractivity contribution in [1.29, 1.82) is 0 Å². The largest absolute Gasteiger partial charge is 0.387 e. The molecule has 1 atom stereocenters. The second kappa shape index (κ2) is 3.31. The number of aliphatic hydroxyl groups excluding tert-OH is 1. The highest BCUT2D eigenvalue weighted by Gasteiger charge is 2.23. The Morgan fingerprint density at radius 1 is 1.54 bits per heavy atom. The minimum atomic E-state index is -0.631. The Balaban J connectivity index is 2.60. The van der Waals surface area contributed by atoms with E-state index in [0.717, 1.165) is 16.9 Å². The van der Waals surface area contributed by atoms with Gasteiger partial charge in [-0.1, -0.05) is 6.07 Å².